The molecule has 1 amide bonds. The van der Waals surface area contributed by atoms with Crippen molar-refractivity contribution < 1.29 is 28.9 Å². The summed E-state index contributed by atoms with van der Waals surface area (Å²) in [7, 11) is 3.20. The summed E-state index contributed by atoms with van der Waals surface area (Å²) in [6.07, 6.45) is 0.735. The molecule has 0 fully saturated rings. The maximum Gasteiger partial charge on any atom is 0.341 e. The largest absolute Gasteiger partial charge is 0.493 e. The molecule has 1 aliphatic rings. The van der Waals surface area contributed by atoms with Crippen LogP contribution in [0.15, 0.2) is 24.3 Å². The van der Waals surface area contributed by atoms with Crippen LogP contribution in [0, 0.1) is 13.8 Å². The van der Waals surface area contributed by atoms with Crippen LogP contribution in [0.4, 0.5) is 0 Å². The van der Waals surface area contributed by atoms with Gasteiger partial charge in [-0.25, -0.2) is 4.79 Å². The zero-order valence-electron chi connectivity index (χ0n) is 17.1. The second-order valence-electron chi connectivity index (χ2n) is 7.07. The Morgan fingerprint density at radius 3 is 2.14 bits per heavy atom. The number of carboxylic acid groups (broad SMARTS) is 1. The summed E-state index contributed by atoms with van der Waals surface area (Å²) in [4.78, 5) is 25.7. The van der Waals surface area contributed by atoms with E-state index in [9.17, 15) is 9.59 Å². The Morgan fingerprint density at radius 1 is 1.00 bits per heavy atom. The molecule has 7 heteroatoms. The Balaban J connectivity index is 1.82. The molecule has 3 rings (SSSR count). The summed E-state index contributed by atoms with van der Waals surface area (Å²) in [6, 6.07) is 7.39. The first-order valence-electron chi connectivity index (χ1n) is 9.33. The van der Waals surface area contributed by atoms with Crippen LogP contribution in [0.3, 0.4) is 0 Å². The second kappa shape index (κ2) is 8.43. The van der Waals surface area contributed by atoms with Gasteiger partial charge in [0.1, 0.15) is 5.75 Å². The quantitative estimate of drug-likeness (QED) is 0.804. The molecule has 29 heavy (non-hydrogen) atoms. The lowest BCUT2D eigenvalue weighted by Gasteiger charge is -2.30. The Hall–Kier alpha value is -3.22. The predicted octanol–water partition coefficient (Wildman–Crippen LogP) is 2.98. The highest BCUT2D eigenvalue weighted by Gasteiger charge is 2.24. The van der Waals surface area contributed by atoms with Gasteiger partial charge in [0.25, 0.3) is 5.91 Å². The average Bonchev–Trinajstić information content (AvgIpc) is 2.70. The number of rotatable bonds is 6. The number of aryl methyl sites for hydroxylation is 2. The zero-order chi connectivity index (χ0) is 21.1. The maximum absolute atomic E-state index is 13.1. The van der Waals surface area contributed by atoms with E-state index in [4.69, 9.17) is 19.3 Å². The average molecular weight is 399 g/mol. The topological polar surface area (TPSA) is 85.3 Å². The molecule has 0 aliphatic carbocycles. The van der Waals surface area contributed by atoms with E-state index in [0.29, 0.717) is 35.9 Å². The van der Waals surface area contributed by atoms with Gasteiger partial charge in [0, 0.05) is 18.7 Å². The molecular formula is C22H25NO6. The first-order chi connectivity index (χ1) is 13.8. The van der Waals surface area contributed by atoms with Crippen LogP contribution in [-0.4, -0.2) is 49.3 Å². The van der Waals surface area contributed by atoms with Gasteiger partial charge in [-0.3, -0.25) is 4.79 Å². The third-order valence-corrected chi connectivity index (χ3v) is 5.05. The lowest BCUT2D eigenvalue weighted by Crippen LogP contribution is -2.36. The molecule has 2 aromatic carbocycles. The molecule has 0 radical (unpaired) electrons. The molecule has 1 N–H and O–H groups in total. The standard InChI is InChI=1S/C22H25NO6/c1-13-7-16(8-14(2)21(13)29-12-20(24)25)22(26)23-6-5-15-9-18(27-3)19(28-4)10-17(15)11-23/h7-10H,5-6,11-12H2,1-4H3,(H,24,25). The molecule has 0 bridgehead atoms. The van der Waals surface area contributed by atoms with E-state index in [2.05, 4.69) is 0 Å². The third kappa shape index (κ3) is 4.29. The normalized spacial score (nSPS) is 12.9. The van der Waals surface area contributed by atoms with E-state index in [1.807, 2.05) is 26.0 Å². The fourth-order valence-electron chi connectivity index (χ4n) is 3.67. The minimum Gasteiger partial charge on any atom is -0.493 e. The molecule has 7 nitrogen and oxygen atoms in total. The summed E-state index contributed by atoms with van der Waals surface area (Å²) in [5, 5.41) is 8.82. The number of amides is 1. The van der Waals surface area contributed by atoms with Gasteiger partial charge in [0.15, 0.2) is 18.1 Å². The van der Waals surface area contributed by atoms with Gasteiger partial charge in [-0.2, -0.15) is 0 Å². The number of carbonyl (C=O) groups excluding carboxylic acids is 1. The summed E-state index contributed by atoms with van der Waals surface area (Å²) in [5.41, 5.74) is 4.22. The number of hydrogen-bond donors (Lipinski definition) is 1. The molecule has 1 heterocycles. The molecule has 1 aliphatic heterocycles. The molecule has 0 spiro atoms. The minimum absolute atomic E-state index is 0.0681. The number of benzene rings is 2. The van der Waals surface area contributed by atoms with Gasteiger partial charge in [-0.05, 0) is 66.8 Å². The van der Waals surface area contributed by atoms with Gasteiger partial charge < -0.3 is 24.2 Å². The number of carboxylic acids is 1. The monoisotopic (exact) mass is 399 g/mol. The van der Waals surface area contributed by atoms with Crippen molar-refractivity contribution in [1.29, 1.82) is 0 Å². The maximum atomic E-state index is 13.1. The Bertz CT molecular complexity index is 930. The Labute approximate surface area is 169 Å². The van der Waals surface area contributed by atoms with Crippen LogP contribution < -0.4 is 14.2 Å². The minimum atomic E-state index is -1.04. The number of fused-ring (bicyclic) bond motifs is 1. The van der Waals surface area contributed by atoms with Crippen molar-refractivity contribution in [2.45, 2.75) is 26.8 Å². The highest BCUT2D eigenvalue weighted by atomic mass is 16.5. The van der Waals surface area contributed by atoms with Crippen LogP contribution in [0.1, 0.15) is 32.6 Å². The smallest absolute Gasteiger partial charge is 0.341 e. The molecule has 154 valence electrons. The number of aliphatic carboxylic acids is 1. The van der Waals surface area contributed by atoms with E-state index < -0.39 is 12.6 Å². The van der Waals surface area contributed by atoms with Crippen LogP contribution in [-0.2, 0) is 17.8 Å². The molecule has 0 atom stereocenters. The van der Waals surface area contributed by atoms with Crippen molar-refractivity contribution in [1.82, 2.24) is 4.90 Å². The van der Waals surface area contributed by atoms with E-state index in [0.717, 1.165) is 28.7 Å². The van der Waals surface area contributed by atoms with Crippen LogP contribution in [0.25, 0.3) is 0 Å². The van der Waals surface area contributed by atoms with Gasteiger partial charge in [-0.1, -0.05) is 0 Å². The number of carbonyl (C=O) groups is 2. The molecule has 0 aromatic heterocycles. The van der Waals surface area contributed by atoms with Crippen molar-refractivity contribution in [3.63, 3.8) is 0 Å². The second-order valence-corrected chi connectivity index (χ2v) is 7.07. The van der Waals surface area contributed by atoms with Crippen molar-refractivity contribution >= 4 is 11.9 Å². The predicted molar refractivity (Wildman–Crippen MR) is 107 cm³/mol. The lowest BCUT2D eigenvalue weighted by molar-refractivity contribution is -0.139. The lowest BCUT2D eigenvalue weighted by atomic mass is 9.97. The van der Waals surface area contributed by atoms with Crippen molar-refractivity contribution in [3.05, 3.63) is 52.1 Å². The molecular weight excluding hydrogens is 374 g/mol. The van der Waals surface area contributed by atoms with E-state index in [1.54, 1.807) is 31.3 Å². The summed E-state index contributed by atoms with van der Waals surface area (Å²) >= 11 is 0. The summed E-state index contributed by atoms with van der Waals surface area (Å²) < 4.78 is 16.1. The molecule has 0 saturated carbocycles. The SMILES string of the molecule is COc1cc2c(cc1OC)CN(C(=O)c1cc(C)c(OCC(=O)O)c(C)c1)CC2. The molecule has 0 saturated heterocycles. The fourth-order valence-corrected chi connectivity index (χ4v) is 3.67. The third-order valence-electron chi connectivity index (χ3n) is 5.05. The first-order valence-corrected chi connectivity index (χ1v) is 9.33. The van der Waals surface area contributed by atoms with Gasteiger partial charge in [0.05, 0.1) is 14.2 Å². The van der Waals surface area contributed by atoms with Crippen molar-refractivity contribution in [2.75, 3.05) is 27.4 Å². The van der Waals surface area contributed by atoms with Crippen molar-refractivity contribution in [3.8, 4) is 17.2 Å². The van der Waals surface area contributed by atoms with E-state index >= 15 is 0 Å². The van der Waals surface area contributed by atoms with Crippen LogP contribution in [0.5, 0.6) is 17.2 Å². The van der Waals surface area contributed by atoms with Gasteiger partial charge >= 0.3 is 5.97 Å². The summed E-state index contributed by atoms with van der Waals surface area (Å²) in [6.45, 7) is 4.30. The number of hydrogen-bond acceptors (Lipinski definition) is 5. The highest BCUT2D eigenvalue weighted by Crippen LogP contribution is 2.34. The van der Waals surface area contributed by atoms with Gasteiger partial charge in [0.2, 0.25) is 0 Å². The summed E-state index contributed by atoms with van der Waals surface area (Å²) in [5.74, 6) is 0.732. The van der Waals surface area contributed by atoms with Gasteiger partial charge in [-0.15, -0.1) is 0 Å². The first kappa shape index (κ1) is 20.5. The number of nitrogens with zero attached hydrogens (tertiary/aromatic N) is 1. The zero-order valence-corrected chi connectivity index (χ0v) is 17.1. The number of ether oxygens (including phenoxy) is 3. The molecule has 2 aromatic rings. The Kier molecular flexibility index (Phi) is 5.96. The highest BCUT2D eigenvalue weighted by molar-refractivity contribution is 5.95. The Morgan fingerprint density at radius 2 is 1.59 bits per heavy atom. The van der Waals surface area contributed by atoms with Crippen molar-refractivity contribution in [2.24, 2.45) is 0 Å². The molecule has 0 unspecified atom stereocenters. The van der Waals surface area contributed by atoms with Crippen LogP contribution in [0.2, 0.25) is 0 Å². The fraction of sp³-hybridized carbons (Fsp3) is 0.364. The van der Waals surface area contributed by atoms with E-state index in [1.165, 1.54) is 0 Å². The van der Waals surface area contributed by atoms with Crippen LogP contribution >= 0.6 is 0 Å². The number of methoxy groups -OCH3 is 2. The van der Waals surface area contributed by atoms with E-state index in [-0.39, 0.29) is 5.91 Å².